The van der Waals surface area contributed by atoms with Crippen molar-refractivity contribution in [1.82, 2.24) is 9.80 Å². The third-order valence-electron chi connectivity index (χ3n) is 3.33. The van der Waals surface area contributed by atoms with E-state index in [9.17, 15) is 0 Å². The molecule has 0 aromatic heterocycles. The highest BCUT2D eigenvalue weighted by molar-refractivity contribution is 5.26. The maximum Gasteiger partial charge on any atom is 0.148 e. The number of allylic oxidation sites excluding steroid dienone is 2. The molecule has 0 aromatic carbocycles. The van der Waals surface area contributed by atoms with E-state index in [0.29, 0.717) is 12.1 Å². The average molecular weight is 232 g/mol. The molecule has 1 fully saturated rings. The van der Waals surface area contributed by atoms with Gasteiger partial charge in [0.2, 0.25) is 0 Å². The van der Waals surface area contributed by atoms with Crippen LogP contribution in [0.1, 0.15) is 41.5 Å². The molecular formula is C15H24N2. The minimum atomic E-state index is 0.110. The summed E-state index contributed by atoms with van der Waals surface area (Å²) in [6.07, 6.45) is 8.87. The highest BCUT2D eigenvalue weighted by atomic mass is 15.5. The summed E-state index contributed by atoms with van der Waals surface area (Å²) in [6, 6.07) is 0.832. The minimum Gasteiger partial charge on any atom is -0.266 e. The fourth-order valence-corrected chi connectivity index (χ4v) is 2.51. The van der Waals surface area contributed by atoms with E-state index in [2.05, 4.69) is 82.3 Å². The molecule has 2 heteroatoms. The lowest BCUT2D eigenvalue weighted by Gasteiger charge is -2.35. The van der Waals surface area contributed by atoms with Gasteiger partial charge in [-0.1, -0.05) is 24.3 Å². The van der Waals surface area contributed by atoms with E-state index in [4.69, 9.17) is 0 Å². The van der Waals surface area contributed by atoms with Crippen LogP contribution in [0.4, 0.5) is 0 Å². The molecular weight excluding hydrogens is 208 g/mol. The van der Waals surface area contributed by atoms with Gasteiger partial charge in [0, 0.05) is 23.2 Å². The number of nitrogens with zero attached hydrogens (tertiary/aromatic N) is 2. The van der Waals surface area contributed by atoms with Crippen LogP contribution in [-0.2, 0) is 0 Å². The zero-order valence-corrected chi connectivity index (χ0v) is 11.9. The molecule has 1 heterocycles. The molecule has 17 heavy (non-hydrogen) atoms. The Bertz CT molecular complexity index is 307. The molecule has 1 aliphatic heterocycles. The largest absolute Gasteiger partial charge is 0.266 e. The second-order valence-electron chi connectivity index (χ2n) is 6.93. The topological polar surface area (TPSA) is 6.48 Å². The third kappa shape index (κ3) is 2.34. The standard InChI is InChI=1S/C15H24N2/c1-14(2,3)16-11-17(15(4,5)6)13-10-8-7-9-12(13)16/h7-10,12-13H,1-6H3. The molecule has 0 spiro atoms. The van der Waals surface area contributed by atoms with Crippen molar-refractivity contribution in [2.24, 2.45) is 0 Å². The van der Waals surface area contributed by atoms with Gasteiger partial charge in [0.1, 0.15) is 6.67 Å². The average Bonchev–Trinajstić information content (AvgIpc) is 2.55. The maximum atomic E-state index is 3.58. The van der Waals surface area contributed by atoms with Gasteiger partial charge < -0.3 is 0 Å². The molecule has 2 atom stereocenters. The van der Waals surface area contributed by atoms with Crippen molar-refractivity contribution in [3.63, 3.8) is 0 Å². The molecule has 0 bridgehead atoms. The van der Waals surface area contributed by atoms with Gasteiger partial charge in [0.25, 0.3) is 0 Å². The summed E-state index contributed by atoms with van der Waals surface area (Å²) in [5.41, 5.74) is 0.219. The van der Waals surface area contributed by atoms with Crippen LogP contribution >= 0.6 is 0 Å². The van der Waals surface area contributed by atoms with Crippen molar-refractivity contribution >= 4 is 0 Å². The van der Waals surface area contributed by atoms with E-state index in [1.165, 1.54) is 0 Å². The number of fused-ring (bicyclic) bond motifs is 1. The second-order valence-corrected chi connectivity index (χ2v) is 6.93. The van der Waals surface area contributed by atoms with E-state index < -0.39 is 0 Å². The van der Waals surface area contributed by atoms with Crippen LogP contribution in [0.25, 0.3) is 0 Å². The Kier molecular flexibility index (Phi) is 2.99. The van der Waals surface area contributed by atoms with Crippen LogP contribution in [0.2, 0.25) is 0 Å². The molecule has 2 rings (SSSR count). The normalized spacial score (nSPS) is 30.9. The number of rotatable bonds is 0. The molecule has 2 nitrogen and oxygen atoms in total. The lowest BCUT2D eigenvalue weighted by Crippen LogP contribution is -2.45. The quantitative estimate of drug-likeness (QED) is 0.633. The van der Waals surface area contributed by atoms with Crippen LogP contribution in [0.15, 0.2) is 24.3 Å². The van der Waals surface area contributed by atoms with Gasteiger partial charge in [-0.3, -0.25) is 9.80 Å². The molecule has 0 saturated carbocycles. The molecule has 2 unspecified atom stereocenters. The molecule has 0 N–H and O–H groups in total. The Balaban J connectivity index is 2.31. The van der Waals surface area contributed by atoms with Crippen molar-refractivity contribution in [2.75, 3.05) is 0 Å². The Hall–Kier alpha value is -0.600. The van der Waals surface area contributed by atoms with Crippen molar-refractivity contribution in [3.8, 4) is 0 Å². The first-order chi connectivity index (χ1) is 7.71. The van der Waals surface area contributed by atoms with E-state index >= 15 is 0 Å². The maximum absolute atomic E-state index is 3.58. The molecule has 2 aliphatic rings. The first-order valence-corrected chi connectivity index (χ1v) is 6.41. The molecule has 1 saturated heterocycles. The minimum absolute atomic E-state index is 0.110. The van der Waals surface area contributed by atoms with Gasteiger partial charge in [-0.15, -0.1) is 0 Å². The molecule has 0 aromatic rings. The summed E-state index contributed by atoms with van der Waals surface area (Å²) in [5, 5.41) is 0. The summed E-state index contributed by atoms with van der Waals surface area (Å²) >= 11 is 0. The second kappa shape index (κ2) is 3.96. The summed E-state index contributed by atoms with van der Waals surface area (Å²) in [6.45, 7) is 17.0. The lowest BCUT2D eigenvalue weighted by atomic mass is 9.96. The van der Waals surface area contributed by atoms with E-state index in [-0.39, 0.29) is 11.1 Å². The van der Waals surface area contributed by atoms with Crippen LogP contribution < -0.4 is 0 Å². The van der Waals surface area contributed by atoms with E-state index in [1.54, 1.807) is 0 Å². The SMILES string of the molecule is CC(C)(C)N1[C]N(C(C)(C)C)C2C=CC=CC21. The monoisotopic (exact) mass is 232 g/mol. The highest BCUT2D eigenvalue weighted by Crippen LogP contribution is 2.38. The smallest absolute Gasteiger partial charge is 0.148 e. The molecule has 94 valence electrons. The predicted molar refractivity (Wildman–Crippen MR) is 72.3 cm³/mol. The first-order valence-electron chi connectivity index (χ1n) is 6.41. The Morgan fingerprint density at radius 2 is 1.12 bits per heavy atom. The molecule has 1 aliphatic carbocycles. The van der Waals surface area contributed by atoms with Gasteiger partial charge >= 0.3 is 0 Å². The van der Waals surface area contributed by atoms with Crippen LogP contribution in [0.3, 0.4) is 0 Å². The van der Waals surface area contributed by atoms with Crippen molar-refractivity contribution < 1.29 is 0 Å². The van der Waals surface area contributed by atoms with Crippen LogP contribution in [0.5, 0.6) is 0 Å². The molecule has 0 amide bonds. The summed E-state index contributed by atoms with van der Waals surface area (Å²) in [7, 11) is 0. The fourth-order valence-electron chi connectivity index (χ4n) is 2.51. The van der Waals surface area contributed by atoms with Gasteiger partial charge in [-0.25, -0.2) is 0 Å². The van der Waals surface area contributed by atoms with Gasteiger partial charge in [-0.05, 0) is 41.5 Å². The number of hydrogen-bond donors (Lipinski definition) is 0. The Morgan fingerprint density at radius 3 is 1.41 bits per heavy atom. The van der Waals surface area contributed by atoms with Crippen molar-refractivity contribution in [1.29, 1.82) is 0 Å². The fraction of sp³-hybridized carbons (Fsp3) is 0.667. The third-order valence-corrected chi connectivity index (χ3v) is 3.33. The van der Waals surface area contributed by atoms with Crippen LogP contribution in [0, 0.1) is 6.67 Å². The predicted octanol–water partition coefficient (Wildman–Crippen LogP) is 3.06. The van der Waals surface area contributed by atoms with Crippen LogP contribution in [-0.4, -0.2) is 33.0 Å². The van der Waals surface area contributed by atoms with Gasteiger partial charge in [0.05, 0.1) is 0 Å². The highest BCUT2D eigenvalue weighted by Gasteiger charge is 2.47. The lowest BCUT2D eigenvalue weighted by molar-refractivity contribution is 0.138. The van der Waals surface area contributed by atoms with Gasteiger partial charge in [-0.2, -0.15) is 0 Å². The Labute approximate surface area is 106 Å². The van der Waals surface area contributed by atoms with Crippen molar-refractivity contribution in [2.45, 2.75) is 64.7 Å². The Morgan fingerprint density at radius 1 is 0.765 bits per heavy atom. The van der Waals surface area contributed by atoms with E-state index in [0.717, 1.165) is 0 Å². The summed E-state index contributed by atoms with van der Waals surface area (Å²) < 4.78 is 0. The number of hydrogen-bond acceptors (Lipinski definition) is 2. The van der Waals surface area contributed by atoms with E-state index in [1.807, 2.05) is 0 Å². The summed E-state index contributed by atoms with van der Waals surface area (Å²) in [4.78, 5) is 4.70. The first kappa shape index (κ1) is 12.8. The molecule has 2 radical (unpaired) electrons. The van der Waals surface area contributed by atoms with Gasteiger partial charge in [0.15, 0.2) is 0 Å². The summed E-state index contributed by atoms with van der Waals surface area (Å²) in [5.74, 6) is 0. The zero-order chi connectivity index (χ0) is 12.8. The van der Waals surface area contributed by atoms with Crippen molar-refractivity contribution in [3.05, 3.63) is 31.0 Å². The zero-order valence-electron chi connectivity index (χ0n) is 11.9.